The van der Waals surface area contributed by atoms with Crippen molar-refractivity contribution in [3.63, 3.8) is 0 Å². The van der Waals surface area contributed by atoms with Gasteiger partial charge in [0, 0.05) is 52.0 Å². The van der Waals surface area contributed by atoms with E-state index in [1.807, 2.05) is 73.0 Å². The normalized spacial score (nSPS) is 11.1. The lowest BCUT2D eigenvalue weighted by Crippen LogP contribution is -2.13. The molecule has 1 amide bonds. The first-order valence-electron chi connectivity index (χ1n) is 13.6. The second-order valence-electron chi connectivity index (χ2n) is 9.91. The number of benzene rings is 3. The summed E-state index contributed by atoms with van der Waals surface area (Å²) in [5.41, 5.74) is 5.58. The van der Waals surface area contributed by atoms with Gasteiger partial charge < -0.3 is 20.1 Å². The van der Waals surface area contributed by atoms with Gasteiger partial charge in [-0.25, -0.2) is 9.97 Å². The number of carbonyl (C=O) groups is 1. The van der Waals surface area contributed by atoms with Crippen molar-refractivity contribution in [3.05, 3.63) is 112 Å². The highest BCUT2D eigenvalue weighted by Gasteiger charge is 2.19. The second-order valence-corrected chi connectivity index (χ2v) is 11.2. The number of anilines is 2. The molecule has 2 N–H and O–H groups in total. The van der Waals surface area contributed by atoms with E-state index in [2.05, 4.69) is 25.6 Å². The van der Waals surface area contributed by atoms with Gasteiger partial charge in [0.2, 0.25) is 0 Å². The predicted molar refractivity (Wildman–Crippen MR) is 173 cm³/mol. The molecule has 0 aliphatic rings. The Hall–Kier alpha value is -4.73. The lowest BCUT2D eigenvalue weighted by molar-refractivity contribution is 0.102. The molecule has 3 aromatic carbocycles. The molecule has 3 heterocycles. The fourth-order valence-electron chi connectivity index (χ4n) is 5.05. The van der Waals surface area contributed by atoms with E-state index < -0.39 is 0 Å². The smallest absolute Gasteiger partial charge is 0.258 e. The van der Waals surface area contributed by atoms with Crippen LogP contribution in [0.25, 0.3) is 21.0 Å². The SMILES string of the molecule is COc1ccc(CNc2ncnc3c(C(=O)Nc4c(C)ccc5c(Cc6ccccc6Cl)nccc45)csc23)c(OC)c1. The van der Waals surface area contributed by atoms with Crippen molar-refractivity contribution < 1.29 is 14.3 Å². The van der Waals surface area contributed by atoms with Crippen molar-refractivity contribution in [2.24, 2.45) is 0 Å². The number of nitrogens with one attached hydrogen (secondary N) is 2. The van der Waals surface area contributed by atoms with Crippen molar-refractivity contribution in [2.75, 3.05) is 24.9 Å². The van der Waals surface area contributed by atoms with E-state index in [1.165, 1.54) is 17.7 Å². The molecular formula is C33H28ClN5O3S. The standard InChI is InChI=1S/C33H28ClN5O3S/c1-19-8-11-23-24(12-13-35-27(23)14-20-6-4-5-7-26(20)34)29(19)39-33(40)25-17-43-31-30(25)37-18-38-32(31)36-16-21-9-10-22(41-2)15-28(21)42-3/h4-13,15,17-18H,14,16H2,1-3H3,(H,39,40)(H,36,37,38). The lowest BCUT2D eigenvalue weighted by Gasteiger charge is -2.14. The first kappa shape index (κ1) is 28.4. The molecular weight excluding hydrogens is 582 g/mol. The molecule has 0 saturated carbocycles. The number of ether oxygens (including phenoxy) is 2. The molecule has 6 rings (SSSR count). The molecule has 8 nitrogen and oxygen atoms in total. The van der Waals surface area contributed by atoms with Gasteiger partial charge in [0.1, 0.15) is 23.6 Å². The zero-order chi connectivity index (χ0) is 29.9. The third kappa shape index (κ3) is 5.69. The monoisotopic (exact) mass is 609 g/mol. The first-order chi connectivity index (χ1) is 21.0. The molecule has 10 heteroatoms. The summed E-state index contributed by atoms with van der Waals surface area (Å²) >= 11 is 7.85. The number of amides is 1. The number of fused-ring (bicyclic) bond motifs is 2. The number of aromatic nitrogens is 3. The van der Waals surface area contributed by atoms with Crippen LogP contribution < -0.4 is 20.1 Å². The summed E-state index contributed by atoms with van der Waals surface area (Å²) in [5, 5.41) is 10.9. The number of hydrogen-bond acceptors (Lipinski definition) is 8. The van der Waals surface area contributed by atoms with Crippen LogP contribution in [0.4, 0.5) is 11.5 Å². The average Bonchev–Trinajstić information content (AvgIpc) is 3.47. The predicted octanol–water partition coefficient (Wildman–Crippen LogP) is 7.67. The minimum Gasteiger partial charge on any atom is -0.497 e. The van der Waals surface area contributed by atoms with Crippen molar-refractivity contribution in [1.82, 2.24) is 15.0 Å². The summed E-state index contributed by atoms with van der Waals surface area (Å²) in [6, 6.07) is 19.4. The van der Waals surface area contributed by atoms with Gasteiger partial charge in [-0.15, -0.1) is 11.3 Å². The molecule has 0 unspecified atom stereocenters. The van der Waals surface area contributed by atoms with Crippen LogP contribution in [0.1, 0.15) is 32.7 Å². The Balaban J connectivity index is 1.27. The summed E-state index contributed by atoms with van der Waals surface area (Å²) in [5.74, 6) is 1.82. The number of methoxy groups -OCH3 is 2. The largest absolute Gasteiger partial charge is 0.497 e. The number of rotatable bonds is 9. The lowest BCUT2D eigenvalue weighted by atomic mass is 10.00. The maximum atomic E-state index is 13.7. The van der Waals surface area contributed by atoms with Gasteiger partial charge in [-0.3, -0.25) is 9.78 Å². The molecule has 0 fully saturated rings. The van der Waals surface area contributed by atoms with E-state index in [9.17, 15) is 4.79 Å². The molecule has 0 atom stereocenters. The zero-order valence-electron chi connectivity index (χ0n) is 23.8. The number of halogens is 1. The van der Waals surface area contributed by atoms with Crippen molar-refractivity contribution in [2.45, 2.75) is 19.9 Å². The summed E-state index contributed by atoms with van der Waals surface area (Å²) in [6.45, 7) is 2.45. The molecule has 0 aliphatic heterocycles. The Labute approximate surface area is 257 Å². The van der Waals surface area contributed by atoms with Gasteiger partial charge in [0.25, 0.3) is 5.91 Å². The van der Waals surface area contributed by atoms with Gasteiger partial charge in [-0.1, -0.05) is 41.9 Å². The van der Waals surface area contributed by atoms with Gasteiger partial charge in [0.05, 0.1) is 41.4 Å². The Morgan fingerprint density at radius 2 is 1.81 bits per heavy atom. The minimum atomic E-state index is -0.243. The van der Waals surface area contributed by atoms with Crippen molar-refractivity contribution in [1.29, 1.82) is 0 Å². The quantitative estimate of drug-likeness (QED) is 0.173. The average molecular weight is 610 g/mol. The van der Waals surface area contributed by atoms with Gasteiger partial charge >= 0.3 is 0 Å². The molecule has 0 aliphatic carbocycles. The molecule has 216 valence electrons. The number of hydrogen-bond donors (Lipinski definition) is 2. The van der Waals surface area contributed by atoms with Crippen LogP contribution in [0.5, 0.6) is 11.5 Å². The highest BCUT2D eigenvalue weighted by Crippen LogP contribution is 2.34. The van der Waals surface area contributed by atoms with Gasteiger partial charge in [0.15, 0.2) is 0 Å². The Bertz CT molecular complexity index is 1980. The zero-order valence-corrected chi connectivity index (χ0v) is 25.3. The van der Waals surface area contributed by atoms with Crippen LogP contribution >= 0.6 is 22.9 Å². The molecule has 0 saturated heterocycles. The van der Waals surface area contributed by atoms with Crippen LogP contribution in [0.3, 0.4) is 0 Å². The van der Waals surface area contributed by atoms with E-state index in [0.29, 0.717) is 46.4 Å². The van der Waals surface area contributed by atoms with Crippen molar-refractivity contribution >= 4 is 61.3 Å². The highest BCUT2D eigenvalue weighted by molar-refractivity contribution is 7.18. The minimum absolute atomic E-state index is 0.243. The fraction of sp³-hybridized carbons (Fsp3) is 0.152. The Kier molecular flexibility index (Phi) is 8.09. The Morgan fingerprint density at radius 3 is 2.63 bits per heavy atom. The summed E-state index contributed by atoms with van der Waals surface area (Å²) in [7, 11) is 3.24. The molecule has 0 bridgehead atoms. The summed E-state index contributed by atoms with van der Waals surface area (Å²) in [4.78, 5) is 27.3. The van der Waals surface area contributed by atoms with E-state index in [1.54, 1.807) is 20.4 Å². The van der Waals surface area contributed by atoms with E-state index >= 15 is 0 Å². The summed E-state index contributed by atoms with van der Waals surface area (Å²) < 4.78 is 11.6. The van der Waals surface area contributed by atoms with Crippen molar-refractivity contribution in [3.8, 4) is 11.5 Å². The highest BCUT2D eigenvalue weighted by atomic mass is 35.5. The van der Waals surface area contributed by atoms with Gasteiger partial charge in [-0.05, 0) is 42.3 Å². The van der Waals surface area contributed by atoms with E-state index in [4.69, 9.17) is 21.1 Å². The molecule has 3 aromatic heterocycles. The van der Waals surface area contributed by atoms with Crippen LogP contribution in [-0.2, 0) is 13.0 Å². The van der Waals surface area contributed by atoms with Crippen LogP contribution in [0.15, 0.2) is 78.6 Å². The summed E-state index contributed by atoms with van der Waals surface area (Å²) in [6.07, 6.45) is 3.82. The van der Waals surface area contributed by atoms with E-state index in [-0.39, 0.29) is 5.91 Å². The number of pyridine rings is 1. The number of nitrogens with zero attached hydrogens (tertiary/aromatic N) is 3. The third-order valence-electron chi connectivity index (χ3n) is 7.33. The maximum Gasteiger partial charge on any atom is 0.258 e. The molecule has 43 heavy (non-hydrogen) atoms. The second kappa shape index (κ2) is 12.2. The number of thiophene rings is 1. The maximum absolute atomic E-state index is 13.7. The van der Waals surface area contributed by atoms with Crippen LogP contribution in [0.2, 0.25) is 5.02 Å². The third-order valence-corrected chi connectivity index (χ3v) is 8.67. The van der Waals surface area contributed by atoms with Gasteiger partial charge in [-0.2, -0.15) is 0 Å². The fourth-order valence-corrected chi connectivity index (χ4v) is 6.22. The first-order valence-corrected chi connectivity index (χ1v) is 14.8. The van der Waals surface area contributed by atoms with E-state index in [0.717, 1.165) is 43.5 Å². The van der Waals surface area contributed by atoms with Crippen LogP contribution in [-0.4, -0.2) is 35.1 Å². The number of carbonyl (C=O) groups excluding carboxylic acids is 1. The van der Waals surface area contributed by atoms with Crippen LogP contribution in [0, 0.1) is 6.92 Å². The number of aryl methyl sites for hydroxylation is 1. The Morgan fingerprint density at radius 1 is 0.953 bits per heavy atom. The molecule has 0 spiro atoms. The molecule has 6 aromatic rings. The molecule has 0 radical (unpaired) electrons. The topological polar surface area (TPSA) is 98.3 Å².